The largest absolute Gasteiger partial charge is 0.457 e. The number of benzene rings is 2. The Balaban J connectivity index is 1.74. The second-order valence-electron chi connectivity index (χ2n) is 5.37. The van der Waals surface area contributed by atoms with Crippen LogP contribution in [0.25, 0.3) is 0 Å². The van der Waals surface area contributed by atoms with Gasteiger partial charge in [-0.15, -0.1) is 0 Å². The lowest BCUT2D eigenvalue weighted by Crippen LogP contribution is -2.15. The Kier molecular flexibility index (Phi) is 4.03. The summed E-state index contributed by atoms with van der Waals surface area (Å²) in [5.74, 6) is 1.87. The molecule has 3 rings (SSSR count). The number of nitrogens with one attached hydrogen (secondary N) is 1. The van der Waals surface area contributed by atoms with E-state index in [1.54, 1.807) is 0 Å². The first-order chi connectivity index (χ1) is 9.85. The molecule has 104 valence electrons. The minimum absolute atomic E-state index is 0.714. The molecule has 2 nitrogen and oxygen atoms in total. The van der Waals surface area contributed by atoms with Crippen molar-refractivity contribution in [3.63, 3.8) is 0 Å². The van der Waals surface area contributed by atoms with Crippen molar-refractivity contribution in [2.45, 2.75) is 38.8 Å². The van der Waals surface area contributed by atoms with Gasteiger partial charge in [0.05, 0.1) is 0 Å². The minimum atomic E-state index is 0.714. The van der Waals surface area contributed by atoms with E-state index in [0.29, 0.717) is 6.04 Å². The Bertz CT molecular complexity index is 575. The predicted octanol–water partition coefficient (Wildman–Crippen LogP) is 4.29. The van der Waals surface area contributed by atoms with Gasteiger partial charge in [-0.25, -0.2) is 0 Å². The van der Waals surface area contributed by atoms with Gasteiger partial charge in [0.1, 0.15) is 11.5 Å². The predicted molar refractivity (Wildman–Crippen MR) is 82.2 cm³/mol. The fourth-order valence-electron chi connectivity index (χ4n) is 2.25. The van der Waals surface area contributed by atoms with E-state index < -0.39 is 0 Å². The number of hydrogen-bond donors (Lipinski definition) is 1. The lowest BCUT2D eigenvalue weighted by molar-refractivity contribution is 0.472. The maximum atomic E-state index is 6.06. The third-order valence-corrected chi connectivity index (χ3v) is 3.67. The summed E-state index contributed by atoms with van der Waals surface area (Å²) >= 11 is 0. The van der Waals surface area contributed by atoms with Crippen LogP contribution in [-0.4, -0.2) is 6.04 Å². The van der Waals surface area contributed by atoms with Crippen LogP contribution in [0, 0.1) is 0 Å². The van der Waals surface area contributed by atoms with Gasteiger partial charge in [-0.05, 0) is 43.0 Å². The molecule has 0 spiro atoms. The van der Waals surface area contributed by atoms with E-state index in [0.717, 1.165) is 24.5 Å². The number of hydrogen-bond acceptors (Lipinski definition) is 2. The van der Waals surface area contributed by atoms with Gasteiger partial charge in [-0.3, -0.25) is 0 Å². The fourth-order valence-corrected chi connectivity index (χ4v) is 2.25. The van der Waals surface area contributed by atoms with Gasteiger partial charge in [-0.2, -0.15) is 0 Å². The van der Waals surface area contributed by atoms with E-state index in [9.17, 15) is 0 Å². The summed E-state index contributed by atoms with van der Waals surface area (Å²) in [6.45, 7) is 3.04. The SMILES string of the molecule is CCc1cccc(Oc2ccccc2CNC2CC2)c1. The van der Waals surface area contributed by atoms with Crippen molar-refractivity contribution in [3.8, 4) is 11.5 Å². The molecule has 0 saturated heterocycles. The lowest BCUT2D eigenvalue weighted by Gasteiger charge is -2.12. The van der Waals surface area contributed by atoms with Crippen molar-refractivity contribution in [2.75, 3.05) is 0 Å². The molecule has 2 heteroatoms. The van der Waals surface area contributed by atoms with Crippen LogP contribution in [0.5, 0.6) is 11.5 Å². The highest BCUT2D eigenvalue weighted by molar-refractivity contribution is 5.39. The molecule has 1 fully saturated rings. The Morgan fingerprint density at radius 1 is 1.10 bits per heavy atom. The lowest BCUT2D eigenvalue weighted by atomic mass is 10.1. The molecule has 0 aliphatic heterocycles. The molecule has 0 heterocycles. The normalized spacial score (nSPS) is 14.2. The third-order valence-electron chi connectivity index (χ3n) is 3.67. The van der Waals surface area contributed by atoms with E-state index in [1.165, 1.54) is 24.0 Å². The zero-order valence-electron chi connectivity index (χ0n) is 11.9. The highest BCUT2D eigenvalue weighted by Crippen LogP contribution is 2.27. The van der Waals surface area contributed by atoms with Crippen molar-refractivity contribution in [1.82, 2.24) is 5.32 Å². The summed E-state index contributed by atoms with van der Waals surface area (Å²) < 4.78 is 6.06. The molecule has 20 heavy (non-hydrogen) atoms. The van der Waals surface area contributed by atoms with Crippen molar-refractivity contribution >= 4 is 0 Å². The molecule has 0 atom stereocenters. The molecule has 0 unspecified atom stereocenters. The fraction of sp³-hybridized carbons (Fsp3) is 0.333. The summed E-state index contributed by atoms with van der Waals surface area (Å²) in [6.07, 6.45) is 3.64. The van der Waals surface area contributed by atoms with E-state index in [2.05, 4.69) is 42.6 Å². The maximum Gasteiger partial charge on any atom is 0.131 e. The van der Waals surface area contributed by atoms with Crippen molar-refractivity contribution in [2.24, 2.45) is 0 Å². The summed E-state index contributed by atoms with van der Waals surface area (Å²) in [4.78, 5) is 0. The van der Waals surface area contributed by atoms with Crippen LogP contribution in [-0.2, 0) is 13.0 Å². The molecule has 1 N–H and O–H groups in total. The molecule has 2 aromatic rings. The first-order valence-corrected chi connectivity index (χ1v) is 7.43. The quantitative estimate of drug-likeness (QED) is 0.843. The topological polar surface area (TPSA) is 21.3 Å². The zero-order chi connectivity index (χ0) is 13.8. The molecule has 2 aromatic carbocycles. The summed E-state index contributed by atoms with van der Waals surface area (Å²) in [5.41, 5.74) is 2.53. The van der Waals surface area contributed by atoms with E-state index in [4.69, 9.17) is 4.74 Å². The van der Waals surface area contributed by atoms with Crippen molar-refractivity contribution in [3.05, 3.63) is 59.7 Å². The van der Waals surface area contributed by atoms with Crippen LogP contribution >= 0.6 is 0 Å². The zero-order valence-corrected chi connectivity index (χ0v) is 11.9. The Hall–Kier alpha value is -1.80. The van der Waals surface area contributed by atoms with Gasteiger partial charge < -0.3 is 10.1 Å². The smallest absolute Gasteiger partial charge is 0.131 e. The molecule has 0 radical (unpaired) electrons. The molecular formula is C18H21NO. The van der Waals surface area contributed by atoms with Crippen LogP contribution in [0.1, 0.15) is 30.9 Å². The number of para-hydroxylation sites is 1. The summed E-state index contributed by atoms with van der Waals surface area (Å²) in [6, 6.07) is 17.3. The second kappa shape index (κ2) is 6.10. The highest BCUT2D eigenvalue weighted by Gasteiger charge is 2.20. The molecular weight excluding hydrogens is 246 g/mol. The second-order valence-corrected chi connectivity index (χ2v) is 5.37. The standard InChI is InChI=1S/C18H21NO/c1-2-14-6-5-8-17(12-14)20-18-9-4-3-7-15(18)13-19-16-10-11-16/h3-9,12,16,19H,2,10-11,13H2,1H3. The van der Waals surface area contributed by atoms with Crippen molar-refractivity contribution in [1.29, 1.82) is 0 Å². The first kappa shape index (κ1) is 13.2. The molecule has 0 aromatic heterocycles. The first-order valence-electron chi connectivity index (χ1n) is 7.43. The Labute approximate surface area is 120 Å². The van der Waals surface area contributed by atoms with Gasteiger partial charge in [0, 0.05) is 18.2 Å². The van der Waals surface area contributed by atoms with Gasteiger partial charge in [-0.1, -0.05) is 37.3 Å². The van der Waals surface area contributed by atoms with Gasteiger partial charge in [0.25, 0.3) is 0 Å². The molecule has 1 aliphatic rings. The number of rotatable bonds is 6. The van der Waals surface area contributed by atoms with Gasteiger partial charge >= 0.3 is 0 Å². The van der Waals surface area contributed by atoms with Crippen LogP contribution in [0.4, 0.5) is 0 Å². The number of aryl methyl sites for hydroxylation is 1. The highest BCUT2D eigenvalue weighted by atomic mass is 16.5. The molecule has 0 amide bonds. The molecule has 1 saturated carbocycles. The van der Waals surface area contributed by atoms with E-state index >= 15 is 0 Å². The Morgan fingerprint density at radius 2 is 1.95 bits per heavy atom. The van der Waals surface area contributed by atoms with E-state index in [1.807, 2.05) is 18.2 Å². The van der Waals surface area contributed by atoms with Crippen LogP contribution in [0.2, 0.25) is 0 Å². The third kappa shape index (κ3) is 3.40. The summed E-state index contributed by atoms with van der Waals surface area (Å²) in [7, 11) is 0. The van der Waals surface area contributed by atoms with E-state index in [-0.39, 0.29) is 0 Å². The molecule has 0 bridgehead atoms. The maximum absolute atomic E-state index is 6.06. The minimum Gasteiger partial charge on any atom is -0.457 e. The average Bonchev–Trinajstić information content (AvgIpc) is 3.31. The van der Waals surface area contributed by atoms with Crippen LogP contribution in [0.3, 0.4) is 0 Å². The van der Waals surface area contributed by atoms with Crippen LogP contribution in [0.15, 0.2) is 48.5 Å². The average molecular weight is 267 g/mol. The Morgan fingerprint density at radius 3 is 2.75 bits per heavy atom. The molecule has 1 aliphatic carbocycles. The van der Waals surface area contributed by atoms with Gasteiger partial charge in [0.2, 0.25) is 0 Å². The van der Waals surface area contributed by atoms with Crippen LogP contribution < -0.4 is 10.1 Å². The monoisotopic (exact) mass is 267 g/mol. The van der Waals surface area contributed by atoms with Gasteiger partial charge in [0.15, 0.2) is 0 Å². The summed E-state index contributed by atoms with van der Waals surface area (Å²) in [5, 5.41) is 3.54. The number of ether oxygens (including phenoxy) is 1. The van der Waals surface area contributed by atoms with Crippen molar-refractivity contribution < 1.29 is 4.74 Å².